The van der Waals surface area contributed by atoms with E-state index in [-0.39, 0.29) is 81.8 Å². The van der Waals surface area contributed by atoms with Crippen LogP contribution in [0.25, 0.3) is 52.0 Å². The van der Waals surface area contributed by atoms with Gasteiger partial charge in [-0.25, -0.2) is 39.5 Å². The van der Waals surface area contributed by atoms with Crippen molar-refractivity contribution in [2.45, 2.75) is 52.0 Å². The summed E-state index contributed by atoms with van der Waals surface area (Å²) in [4.78, 5) is 64.6. The lowest BCUT2D eigenvalue weighted by molar-refractivity contribution is -0.0634. The maximum atomic E-state index is 13.0. The quantitative estimate of drug-likeness (QED) is 0.180. The Balaban J connectivity index is 0.987. The lowest BCUT2D eigenvalue weighted by Gasteiger charge is -2.34. The first kappa shape index (κ1) is 34.6. The van der Waals surface area contributed by atoms with E-state index in [0.29, 0.717) is 0 Å². The molecule has 1 N–H and O–H groups in total. The highest BCUT2D eigenvalue weighted by atomic mass is 16.6. The van der Waals surface area contributed by atoms with E-state index in [2.05, 4.69) is 46.5 Å². The van der Waals surface area contributed by atoms with Crippen molar-refractivity contribution >= 4 is 23.7 Å². The molecule has 1 aliphatic heterocycles. The minimum absolute atomic E-state index is 0.000145. The van der Waals surface area contributed by atoms with E-state index >= 15 is 0 Å². The Morgan fingerprint density at radius 3 is 1.94 bits per heavy atom. The molecule has 6 aromatic rings. The second-order valence-corrected chi connectivity index (χ2v) is 12.8. The maximum absolute atomic E-state index is 13.0. The molecule has 274 valence electrons. The van der Waals surface area contributed by atoms with Crippen LogP contribution >= 0.6 is 0 Å². The number of amides is 2. The Kier molecular flexibility index (Phi) is 8.52. The molecule has 20 nitrogen and oxygen atoms in total. The van der Waals surface area contributed by atoms with Crippen molar-refractivity contribution in [2.75, 3.05) is 13.7 Å². The van der Waals surface area contributed by atoms with Gasteiger partial charge in [0.1, 0.15) is 54.9 Å². The van der Waals surface area contributed by atoms with E-state index in [1.807, 2.05) is 0 Å². The zero-order valence-electron chi connectivity index (χ0n) is 29.0. The van der Waals surface area contributed by atoms with Crippen LogP contribution in [-0.4, -0.2) is 77.8 Å². The van der Waals surface area contributed by atoms with Crippen LogP contribution in [0.1, 0.15) is 73.4 Å². The first-order valence-corrected chi connectivity index (χ1v) is 15.7. The molecule has 20 heteroatoms. The summed E-state index contributed by atoms with van der Waals surface area (Å²) in [6, 6.07) is -0.669. The zero-order chi connectivity index (χ0) is 37.7. The fraction of sp³-hybridized carbons (Fsp3) is 0.303. The van der Waals surface area contributed by atoms with E-state index in [1.165, 1.54) is 37.1 Å². The molecule has 1 atom stereocenters. The number of oxazole rings is 6. The molecule has 0 aromatic carbocycles. The summed E-state index contributed by atoms with van der Waals surface area (Å²) in [5.41, 5.74) is -1.09. The summed E-state index contributed by atoms with van der Waals surface area (Å²) in [5.74, 6) is -1.10. The number of rotatable bonds is 9. The Hall–Kier alpha value is -6.83. The third kappa shape index (κ3) is 6.94. The van der Waals surface area contributed by atoms with Crippen LogP contribution in [0, 0.1) is 0 Å². The van der Waals surface area contributed by atoms with Crippen molar-refractivity contribution in [3.05, 3.63) is 67.3 Å². The molecule has 1 fully saturated rings. The molecule has 53 heavy (non-hydrogen) atoms. The molecule has 0 bridgehead atoms. The number of carbonyl (C=O) groups excluding carboxylic acids is 3. The number of nitrogens with one attached hydrogen (secondary N) is 1. The van der Waals surface area contributed by atoms with E-state index in [9.17, 15) is 14.4 Å². The molecule has 0 aliphatic carbocycles. The van der Waals surface area contributed by atoms with Crippen molar-refractivity contribution in [1.29, 1.82) is 0 Å². The standard InChI is InChI=1S/C33H30N8O12/c1-15(24-36-17(9-46-24)26-38-19(11-48-26)28-40-21(13-50-28)30(43)45-7)34-23(42)16-8-47-25(35-16)18-10-49-27(37-18)20-12-51-29(39-20)22-14-52-33(5,6)41(22)31(44)53-32(2,3)4/h8-13,22H,1,14H2,2-7H3,(H,34,42)/t22-/m0/s1. The summed E-state index contributed by atoms with van der Waals surface area (Å²) in [7, 11) is 1.22. The molecule has 1 aliphatic rings. The van der Waals surface area contributed by atoms with Crippen LogP contribution in [0.4, 0.5) is 4.79 Å². The predicted octanol–water partition coefficient (Wildman–Crippen LogP) is 5.51. The Morgan fingerprint density at radius 2 is 1.30 bits per heavy atom. The number of aromatic nitrogens is 6. The number of esters is 1. The van der Waals surface area contributed by atoms with Crippen molar-refractivity contribution in [1.82, 2.24) is 40.1 Å². The van der Waals surface area contributed by atoms with E-state index in [4.69, 9.17) is 36.0 Å². The van der Waals surface area contributed by atoms with Crippen molar-refractivity contribution in [2.24, 2.45) is 0 Å². The minimum atomic E-state index is -0.974. The van der Waals surface area contributed by atoms with Gasteiger partial charge in [0.25, 0.3) is 5.91 Å². The molecule has 6 aromatic heterocycles. The highest BCUT2D eigenvalue weighted by molar-refractivity contribution is 5.97. The molecule has 2 amide bonds. The number of ether oxygens (including phenoxy) is 3. The molecule has 0 radical (unpaired) electrons. The zero-order valence-corrected chi connectivity index (χ0v) is 29.0. The van der Waals surface area contributed by atoms with Crippen molar-refractivity contribution in [3.63, 3.8) is 0 Å². The maximum Gasteiger partial charge on any atom is 0.413 e. The Bertz CT molecular complexity index is 2330. The summed E-state index contributed by atoms with van der Waals surface area (Å²) in [5, 5.41) is 2.54. The van der Waals surface area contributed by atoms with Crippen molar-refractivity contribution < 1.29 is 55.1 Å². The average Bonchev–Trinajstić information content (AvgIpc) is 3.93. The number of carbonyl (C=O) groups is 3. The summed E-state index contributed by atoms with van der Waals surface area (Å²) in [6.45, 7) is 12.7. The third-order valence-electron chi connectivity index (χ3n) is 7.43. The van der Waals surface area contributed by atoms with E-state index in [1.54, 1.807) is 34.6 Å². The van der Waals surface area contributed by atoms with Gasteiger partial charge in [0.05, 0.1) is 19.4 Å². The molecule has 0 saturated carbocycles. The van der Waals surface area contributed by atoms with E-state index < -0.39 is 35.3 Å². The van der Waals surface area contributed by atoms with Gasteiger partial charge >= 0.3 is 12.1 Å². The van der Waals surface area contributed by atoms with Crippen molar-refractivity contribution in [3.8, 4) is 46.3 Å². The molecule has 7 rings (SSSR count). The second-order valence-electron chi connectivity index (χ2n) is 12.8. The molecular weight excluding hydrogens is 700 g/mol. The van der Waals surface area contributed by atoms with Gasteiger partial charge in [-0.2, -0.15) is 0 Å². The van der Waals surface area contributed by atoms with Gasteiger partial charge in [-0.3, -0.25) is 9.69 Å². The molecule has 1 saturated heterocycles. The summed E-state index contributed by atoms with van der Waals surface area (Å²) >= 11 is 0. The molecular formula is C33H30N8O12. The Labute approximate surface area is 298 Å². The fourth-order valence-corrected chi connectivity index (χ4v) is 5.01. The average molecular weight is 731 g/mol. The topological polar surface area (TPSA) is 250 Å². The predicted molar refractivity (Wildman–Crippen MR) is 174 cm³/mol. The monoisotopic (exact) mass is 730 g/mol. The van der Waals surface area contributed by atoms with Crippen LogP contribution in [0.15, 0.2) is 70.7 Å². The van der Waals surface area contributed by atoms with Crippen LogP contribution in [0.2, 0.25) is 0 Å². The number of nitrogens with zero attached hydrogens (tertiary/aromatic N) is 7. The van der Waals surface area contributed by atoms with Gasteiger partial charge in [0.2, 0.25) is 35.3 Å². The normalized spacial score (nSPS) is 15.4. The van der Waals surface area contributed by atoms with Crippen LogP contribution in [0.3, 0.4) is 0 Å². The van der Waals surface area contributed by atoms with Gasteiger partial charge in [-0.15, -0.1) is 0 Å². The van der Waals surface area contributed by atoms with Crippen LogP contribution in [-0.2, 0) is 14.2 Å². The van der Waals surface area contributed by atoms with Gasteiger partial charge in [-0.1, -0.05) is 6.58 Å². The minimum Gasteiger partial charge on any atom is -0.464 e. The summed E-state index contributed by atoms with van der Waals surface area (Å²) < 4.78 is 49.0. The highest BCUT2D eigenvalue weighted by Gasteiger charge is 2.48. The first-order valence-electron chi connectivity index (χ1n) is 15.7. The third-order valence-corrected chi connectivity index (χ3v) is 7.43. The first-order chi connectivity index (χ1) is 25.2. The lowest BCUT2D eigenvalue weighted by Crippen LogP contribution is -2.47. The van der Waals surface area contributed by atoms with Gasteiger partial charge in [0, 0.05) is 0 Å². The number of hydrogen-bond acceptors (Lipinski definition) is 18. The Morgan fingerprint density at radius 1 is 0.774 bits per heavy atom. The highest BCUT2D eigenvalue weighted by Crippen LogP contribution is 2.38. The molecule has 0 unspecified atom stereocenters. The fourth-order valence-electron chi connectivity index (χ4n) is 5.01. The number of methoxy groups -OCH3 is 1. The van der Waals surface area contributed by atoms with Gasteiger partial charge in [-0.05, 0) is 34.6 Å². The van der Waals surface area contributed by atoms with Gasteiger partial charge < -0.3 is 46.0 Å². The molecule has 0 spiro atoms. The second kappa shape index (κ2) is 13.1. The van der Waals surface area contributed by atoms with Gasteiger partial charge in [0.15, 0.2) is 34.2 Å². The van der Waals surface area contributed by atoms with Crippen LogP contribution in [0.5, 0.6) is 0 Å². The largest absolute Gasteiger partial charge is 0.464 e. The van der Waals surface area contributed by atoms with Crippen LogP contribution < -0.4 is 5.32 Å². The SMILES string of the molecule is C=C(NC(=O)c1coc(-c2coc(-c3coc([C@@H]4COC(C)(C)N4C(=O)OC(C)(C)C)n3)n2)n1)c1nc(-c2nc(-c3nc(C(=O)OC)co3)co2)co1. The summed E-state index contributed by atoms with van der Waals surface area (Å²) in [6.07, 6.45) is 6.77. The number of hydrogen-bond donors (Lipinski definition) is 1. The molecule has 7 heterocycles. The van der Waals surface area contributed by atoms with E-state index in [0.717, 1.165) is 12.5 Å². The lowest BCUT2D eigenvalue weighted by atomic mass is 10.2. The smallest absolute Gasteiger partial charge is 0.413 e.